The minimum atomic E-state index is 0.139. The molecule has 0 aliphatic carbocycles. The van der Waals surface area contributed by atoms with E-state index < -0.39 is 0 Å². The van der Waals surface area contributed by atoms with Gasteiger partial charge in [-0.2, -0.15) is 0 Å². The summed E-state index contributed by atoms with van der Waals surface area (Å²) < 4.78 is 0. The number of aliphatic hydroxyl groups is 1. The number of hydrogen-bond donors (Lipinski definition) is 2. The van der Waals surface area contributed by atoms with Gasteiger partial charge >= 0.3 is 0 Å². The number of fused-ring (bicyclic) bond motifs is 1. The molecule has 0 unspecified atom stereocenters. The smallest absolute Gasteiger partial charge is 0.0956 e. The van der Waals surface area contributed by atoms with Crippen LogP contribution in [0, 0.1) is 5.92 Å². The number of nitrogens with zero attached hydrogens (tertiary/aromatic N) is 1. The van der Waals surface area contributed by atoms with Crippen molar-refractivity contribution in [3.63, 3.8) is 0 Å². The highest BCUT2D eigenvalue weighted by Crippen LogP contribution is 2.18. The minimum Gasteiger partial charge on any atom is -0.381 e. The molecule has 0 spiro atoms. The second-order valence-electron chi connectivity index (χ2n) is 5.22. The molecule has 0 saturated heterocycles. The van der Waals surface area contributed by atoms with Crippen LogP contribution in [0.15, 0.2) is 30.5 Å². The summed E-state index contributed by atoms with van der Waals surface area (Å²) in [7, 11) is 0. The molecule has 2 aromatic rings. The van der Waals surface area contributed by atoms with E-state index in [9.17, 15) is 5.11 Å². The van der Waals surface area contributed by atoms with Crippen molar-refractivity contribution in [3.8, 4) is 0 Å². The number of aromatic nitrogens is 1. The first-order chi connectivity index (χ1) is 8.70. The number of nitrogens with one attached hydrogen (secondary N) is 1. The molecule has 1 aromatic heterocycles. The van der Waals surface area contributed by atoms with Crippen LogP contribution >= 0.6 is 0 Å². The Kier molecular flexibility index (Phi) is 4.39. The third kappa shape index (κ3) is 3.12. The molecule has 0 saturated carbocycles. The predicted octanol–water partition coefficient (Wildman–Crippen LogP) is 2.62. The third-order valence-corrected chi connectivity index (χ3v) is 3.20. The Morgan fingerprint density at radius 2 is 2.06 bits per heavy atom. The van der Waals surface area contributed by atoms with E-state index in [4.69, 9.17) is 0 Å². The summed E-state index contributed by atoms with van der Waals surface area (Å²) in [6.07, 6.45) is 3.05. The second-order valence-corrected chi connectivity index (χ2v) is 5.22. The number of para-hydroxylation sites is 1. The lowest BCUT2D eigenvalue weighted by molar-refractivity contribution is 0.0972. The van der Waals surface area contributed by atoms with Gasteiger partial charge in [0.2, 0.25) is 0 Å². The first-order valence-corrected chi connectivity index (χ1v) is 6.59. The summed E-state index contributed by atoms with van der Waals surface area (Å²) in [6.45, 7) is 6.33. The van der Waals surface area contributed by atoms with Crippen LogP contribution in [0.1, 0.15) is 19.4 Å². The van der Waals surface area contributed by atoms with Gasteiger partial charge in [-0.15, -0.1) is 0 Å². The van der Waals surface area contributed by atoms with Crippen LogP contribution in [0.25, 0.3) is 10.9 Å². The summed E-state index contributed by atoms with van der Waals surface area (Å²) in [5, 5.41) is 10.6. The molecule has 2 rings (SSSR count). The molecular formula is C15H22N2O. The fourth-order valence-corrected chi connectivity index (χ4v) is 2.35. The summed E-state index contributed by atoms with van der Waals surface area (Å²) in [4.78, 5) is 5.38. The molecule has 0 aliphatic rings. The first kappa shape index (κ1) is 13.1. The van der Waals surface area contributed by atoms with Gasteiger partial charge in [0.1, 0.15) is 0 Å². The molecule has 2 N–H and O–H groups in total. The molecule has 98 valence electrons. The van der Waals surface area contributed by atoms with E-state index in [1.807, 2.05) is 6.07 Å². The highest BCUT2D eigenvalue weighted by atomic mass is 16.3. The second kappa shape index (κ2) is 6.03. The molecule has 0 atom stereocenters. The number of benzene rings is 1. The molecule has 0 amide bonds. The monoisotopic (exact) mass is 246 g/mol. The zero-order chi connectivity index (χ0) is 13.0. The molecule has 1 heterocycles. The van der Waals surface area contributed by atoms with Crippen LogP contribution in [0.4, 0.5) is 0 Å². The topological polar surface area (TPSA) is 39.3 Å². The van der Waals surface area contributed by atoms with Gasteiger partial charge in [-0.3, -0.25) is 4.90 Å². The lowest BCUT2D eigenvalue weighted by Gasteiger charge is -2.21. The quantitative estimate of drug-likeness (QED) is 0.769. The van der Waals surface area contributed by atoms with Crippen LogP contribution in [0.2, 0.25) is 0 Å². The van der Waals surface area contributed by atoms with Crippen molar-refractivity contribution in [3.05, 3.63) is 36.0 Å². The summed E-state index contributed by atoms with van der Waals surface area (Å²) in [5.41, 5.74) is 2.51. The zero-order valence-corrected chi connectivity index (χ0v) is 11.2. The van der Waals surface area contributed by atoms with Crippen molar-refractivity contribution in [2.24, 2.45) is 5.92 Å². The summed E-state index contributed by atoms with van der Waals surface area (Å²) in [6, 6.07) is 8.35. The average molecular weight is 246 g/mol. The van der Waals surface area contributed by atoms with Crippen molar-refractivity contribution in [1.82, 2.24) is 9.88 Å². The van der Waals surface area contributed by atoms with Crippen molar-refractivity contribution in [2.45, 2.75) is 20.3 Å². The van der Waals surface area contributed by atoms with Gasteiger partial charge in [0.25, 0.3) is 0 Å². The maximum absolute atomic E-state index is 9.33. The van der Waals surface area contributed by atoms with Crippen molar-refractivity contribution < 1.29 is 5.11 Å². The van der Waals surface area contributed by atoms with E-state index in [0.717, 1.165) is 19.5 Å². The van der Waals surface area contributed by atoms with E-state index in [-0.39, 0.29) is 6.73 Å². The Morgan fingerprint density at radius 1 is 1.28 bits per heavy atom. The molecule has 3 heteroatoms. The van der Waals surface area contributed by atoms with Crippen molar-refractivity contribution >= 4 is 10.9 Å². The Hall–Kier alpha value is -1.32. The van der Waals surface area contributed by atoms with Crippen LogP contribution < -0.4 is 0 Å². The van der Waals surface area contributed by atoms with Crippen molar-refractivity contribution in [2.75, 3.05) is 19.8 Å². The van der Waals surface area contributed by atoms with Gasteiger partial charge in [-0.1, -0.05) is 32.0 Å². The molecule has 18 heavy (non-hydrogen) atoms. The Bertz CT molecular complexity index is 490. The predicted molar refractivity (Wildman–Crippen MR) is 75.5 cm³/mol. The number of aromatic amines is 1. The van der Waals surface area contributed by atoms with Gasteiger partial charge < -0.3 is 10.1 Å². The van der Waals surface area contributed by atoms with Gasteiger partial charge in [0.05, 0.1) is 6.73 Å². The summed E-state index contributed by atoms with van der Waals surface area (Å²) in [5.74, 6) is 0.583. The molecule has 0 bridgehead atoms. The normalized spacial score (nSPS) is 11.8. The van der Waals surface area contributed by atoms with E-state index in [2.05, 4.69) is 48.1 Å². The largest absolute Gasteiger partial charge is 0.381 e. The van der Waals surface area contributed by atoms with E-state index in [0.29, 0.717) is 5.92 Å². The lowest BCUT2D eigenvalue weighted by Crippen LogP contribution is -2.30. The van der Waals surface area contributed by atoms with Crippen LogP contribution in [0.5, 0.6) is 0 Å². The maximum atomic E-state index is 9.33. The van der Waals surface area contributed by atoms with Crippen LogP contribution in [0.3, 0.4) is 0 Å². The fourth-order valence-electron chi connectivity index (χ4n) is 2.35. The number of H-pyrrole nitrogens is 1. The Labute approximate surface area is 108 Å². The number of aliphatic hydroxyl groups excluding tert-OH is 1. The molecule has 1 aromatic carbocycles. The zero-order valence-electron chi connectivity index (χ0n) is 11.2. The van der Waals surface area contributed by atoms with E-state index >= 15 is 0 Å². The van der Waals surface area contributed by atoms with E-state index in [1.165, 1.54) is 16.5 Å². The fraction of sp³-hybridized carbons (Fsp3) is 0.467. The molecule has 0 radical (unpaired) electrons. The first-order valence-electron chi connectivity index (χ1n) is 6.59. The average Bonchev–Trinajstić information content (AvgIpc) is 2.77. The van der Waals surface area contributed by atoms with Crippen LogP contribution in [-0.2, 0) is 6.42 Å². The van der Waals surface area contributed by atoms with Gasteiger partial charge in [0.15, 0.2) is 0 Å². The molecule has 0 aliphatic heterocycles. The molecule has 0 fully saturated rings. The highest BCUT2D eigenvalue weighted by molar-refractivity contribution is 5.83. The molecule has 3 nitrogen and oxygen atoms in total. The standard InChI is InChI=1S/C15H22N2O/c1-12(2)10-17(11-18)8-7-13-9-16-15-6-4-3-5-14(13)15/h3-6,9,12,16,18H,7-8,10-11H2,1-2H3. The third-order valence-electron chi connectivity index (χ3n) is 3.20. The Balaban J connectivity index is 2.01. The van der Waals surface area contributed by atoms with E-state index in [1.54, 1.807) is 0 Å². The van der Waals surface area contributed by atoms with Gasteiger partial charge in [0, 0.05) is 30.2 Å². The maximum Gasteiger partial charge on any atom is 0.0956 e. The lowest BCUT2D eigenvalue weighted by atomic mass is 10.1. The minimum absolute atomic E-state index is 0.139. The molecular weight excluding hydrogens is 224 g/mol. The van der Waals surface area contributed by atoms with Gasteiger partial charge in [-0.25, -0.2) is 0 Å². The Morgan fingerprint density at radius 3 is 2.78 bits per heavy atom. The summed E-state index contributed by atoms with van der Waals surface area (Å²) >= 11 is 0. The van der Waals surface area contributed by atoms with Crippen LogP contribution in [-0.4, -0.2) is 34.8 Å². The highest BCUT2D eigenvalue weighted by Gasteiger charge is 2.08. The number of rotatable bonds is 6. The SMILES string of the molecule is CC(C)CN(CO)CCc1c[nH]c2ccccc12. The van der Waals surface area contributed by atoms with Crippen molar-refractivity contribution in [1.29, 1.82) is 0 Å². The van der Waals surface area contributed by atoms with Gasteiger partial charge in [-0.05, 0) is 24.0 Å². The number of hydrogen-bond acceptors (Lipinski definition) is 2.